The molecule has 0 radical (unpaired) electrons. The lowest BCUT2D eigenvalue weighted by Gasteiger charge is -2.27. The smallest absolute Gasteiger partial charge is 0.0544 e. The molecule has 0 bridgehead atoms. The molecule has 1 unspecified atom stereocenters. The minimum Gasteiger partial charge on any atom is -0.364 e. The summed E-state index contributed by atoms with van der Waals surface area (Å²) in [6.07, 6.45) is 6.15. The van der Waals surface area contributed by atoms with Crippen molar-refractivity contribution < 1.29 is 0 Å². The second-order valence-electron chi connectivity index (χ2n) is 5.15. The van der Waals surface area contributed by atoms with Crippen molar-refractivity contribution in [2.75, 3.05) is 11.4 Å². The monoisotopic (exact) mass is 331 g/mol. The second-order valence-corrected chi connectivity index (χ2v) is 6.07. The maximum atomic E-state index is 5.78. The van der Waals surface area contributed by atoms with Crippen molar-refractivity contribution in [2.24, 2.45) is 5.73 Å². The van der Waals surface area contributed by atoms with Crippen molar-refractivity contribution in [1.82, 2.24) is 4.98 Å². The van der Waals surface area contributed by atoms with E-state index < -0.39 is 0 Å². The third kappa shape index (κ3) is 2.72. The largest absolute Gasteiger partial charge is 0.364 e. The summed E-state index contributed by atoms with van der Waals surface area (Å²) in [7, 11) is 0. The zero-order valence-corrected chi connectivity index (χ0v) is 12.9. The van der Waals surface area contributed by atoms with Crippen molar-refractivity contribution in [1.29, 1.82) is 0 Å². The van der Waals surface area contributed by atoms with Crippen molar-refractivity contribution >= 4 is 21.6 Å². The molecule has 0 saturated carbocycles. The van der Waals surface area contributed by atoms with Crippen molar-refractivity contribution in [3.63, 3.8) is 0 Å². The Balaban J connectivity index is 1.94. The number of anilines is 1. The fourth-order valence-corrected chi connectivity index (χ4v) is 3.45. The van der Waals surface area contributed by atoms with Crippen LogP contribution >= 0.6 is 15.9 Å². The lowest BCUT2D eigenvalue weighted by molar-refractivity contribution is 0.717. The van der Waals surface area contributed by atoms with Gasteiger partial charge in [0.1, 0.15) is 0 Å². The van der Waals surface area contributed by atoms with Gasteiger partial charge in [0.05, 0.1) is 6.04 Å². The molecule has 2 N–H and O–H groups in total. The van der Waals surface area contributed by atoms with Crippen LogP contribution < -0.4 is 10.6 Å². The van der Waals surface area contributed by atoms with Crippen LogP contribution in [-0.4, -0.2) is 11.5 Å². The number of rotatable bonds is 3. The Hall–Kier alpha value is -1.39. The summed E-state index contributed by atoms with van der Waals surface area (Å²) in [5.74, 6) is 0. The highest BCUT2D eigenvalue weighted by molar-refractivity contribution is 9.10. The number of nitrogens with two attached hydrogens (primary N) is 1. The van der Waals surface area contributed by atoms with Crippen LogP contribution in [-0.2, 0) is 6.54 Å². The first-order chi connectivity index (χ1) is 9.78. The fourth-order valence-electron chi connectivity index (χ4n) is 2.92. The molecule has 0 aliphatic carbocycles. The lowest BCUT2D eigenvalue weighted by atomic mass is 10.1. The first kappa shape index (κ1) is 13.6. The van der Waals surface area contributed by atoms with E-state index in [1.807, 2.05) is 12.4 Å². The number of aromatic nitrogens is 1. The third-order valence-electron chi connectivity index (χ3n) is 3.85. The molecule has 1 aliphatic heterocycles. The molecule has 2 aromatic rings. The van der Waals surface area contributed by atoms with Crippen LogP contribution in [0.25, 0.3) is 0 Å². The minimum absolute atomic E-state index is 0.443. The Morgan fingerprint density at radius 1 is 1.25 bits per heavy atom. The van der Waals surface area contributed by atoms with Gasteiger partial charge < -0.3 is 10.6 Å². The zero-order valence-electron chi connectivity index (χ0n) is 11.3. The Morgan fingerprint density at radius 2 is 2.05 bits per heavy atom. The maximum absolute atomic E-state index is 5.78. The van der Waals surface area contributed by atoms with Gasteiger partial charge in [0.15, 0.2) is 0 Å². The van der Waals surface area contributed by atoms with Crippen LogP contribution in [0, 0.1) is 0 Å². The molecule has 3 rings (SSSR count). The molecule has 20 heavy (non-hydrogen) atoms. The maximum Gasteiger partial charge on any atom is 0.0544 e. The quantitative estimate of drug-likeness (QED) is 0.933. The van der Waals surface area contributed by atoms with Gasteiger partial charge in [0, 0.05) is 35.6 Å². The van der Waals surface area contributed by atoms with Gasteiger partial charge >= 0.3 is 0 Å². The molecule has 1 atom stereocenters. The van der Waals surface area contributed by atoms with E-state index in [1.165, 1.54) is 24.1 Å². The molecule has 1 fully saturated rings. The summed E-state index contributed by atoms with van der Waals surface area (Å²) >= 11 is 3.58. The van der Waals surface area contributed by atoms with E-state index in [0.717, 1.165) is 16.6 Å². The fraction of sp³-hybridized carbons (Fsp3) is 0.312. The number of hydrogen-bond acceptors (Lipinski definition) is 3. The van der Waals surface area contributed by atoms with Gasteiger partial charge in [-0.2, -0.15) is 0 Å². The van der Waals surface area contributed by atoms with Gasteiger partial charge in [0.25, 0.3) is 0 Å². The van der Waals surface area contributed by atoms with E-state index in [4.69, 9.17) is 5.73 Å². The van der Waals surface area contributed by atoms with E-state index in [2.05, 4.69) is 56.1 Å². The van der Waals surface area contributed by atoms with E-state index in [-0.39, 0.29) is 0 Å². The normalized spacial score (nSPS) is 18.5. The predicted octanol–water partition coefficient (Wildman–Crippen LogP) is 3.64. The standard InChI is InChI=1S/C16H18BrN3/c17-14-8-12(11-18)9-15(10-14)20-7-1-2-16(20)13-3-5-19-6-4-13/h3-6,8-10,16H,1-2,7,11,18H2. The third-order valence-corrected chi connectivity index (χ3v) is 4.31. The molecule has 0 spiro atoms. The van der Waals surface area contributed by atoms with Gasteiger partial charge in [0.2, 0.25) is 0 Å². The summed E-state index contributed by atoms with van der Waals surface area (Å²) < 4.78 is 1.09. The van der Waals surface area contributed by atoms with Gasteiger partial charge in [-0.15, -0.1) is 0 Å². The number of nitrogens with zero attached hydrogens (tertiary/aromatic N) is 2. The van der Waals surface area contributed by atoms with Gasteiger partial charge in [-0.25, -0.2) is 0 Å². The van der Waals surface area contributed by atoms with E-state index in [9.17, 15) is 0 Å². The average Bonchev–Trinajstić information content (AvgIpc) is 2.97. The number of hydrogen-bond donors (Lipinski definition) is 1. The highest BCUT2D eigenvalue weighted by Gasteiger charge is 2.26. The Morgan fingerprint density at radius 3 is 2.80 bits per heavy atom. The second kappa shape index (κ2) is 5.94. The SMILES string of the molecule is NCc1cc(Br)cc(N2CCCC2c2ccncc2)c1. The average molecular weight is 332 g/mol. The Labute approximate surface area is 127 Å². The molecule has 104 valence electrons. The topological polar surface area (TPSA) is 42.1 Å². The predicted molar refractivity (Wildman–Crippen MR) is 85.6 cm³/mol. The van der Waals surface area contributed by atoms with Crippen molar-refractivity contribution in [3.8, 4) is 0 Å². The molecule has 1 aliphatic rings. The van der Waals surface area contributed by atoms with Crippen LogP contribution in [0.2, 0.25) is 0 Å². The van der Waals surface area contributed by atoms with Crippen LogP contribution in [0.4, 0.5) is 5.69 Å². The first-order valence-electron chi connectivity index (χ1n) is 6.94. The first-order valence-corrected chi connectivity index (χ1v) is 7.73. The van der Waals surface area contributed by atoms with Gasteiger partial charge in [-0.1, -0.05) is 15.9 Å². The number of benzene rings is 1. The van der Waals surface area contributed by atoms with Crippen LogP contribution in [0.5, 0.6) is 0 Å². The number of halogens is 1. The van der Waals surface area contributed by atoms with Gasteiger partial charge in [-0.05, 0) is 54.3 Å². The Bertz CT molecular complexity index is 586. The van der Waals surface area contributed by atoms with Crippen molar-refractivity contribution in [2.45, 2.75) is 25.4 Å². The van der Waals surface area contributed by atoms with Crippen LogP contribution in [0.3, 0.4) is 0 Å². The molecule has 1 aromatic carbocycles. The molecule has 2 heterocycles. The molecule has 0 amide bonds. The number of pyridine rings is 1. The molecule has 1 aromatic heterocycles. The summed E-state index contributed by atoms with van der Waals surface area (Å²) in [4.78, 5) is 6.58. The molecular weight excluding hydrogens is 314 g/mol. The van der Waals surface area contributed by atoms with E-state index in [1.54, 1.807) is 0 Å². The van der Waals surface area contributed by atoms with Crippen LogP contribution in [0.1, 0.15) is 30.0 Å². The molecular formula is C16H18BrN3. The summed E-state index contributed by atoms with van der Waals surface area (Å²) in [5, 5.41) is 0. The minimum atomic E-state index is 0.443. The van der Waals surface area contributed by atoms with Gasteiger partial charge in [-0.3, -0.25) is 4.98 Å². The molecule has 4 heteroatoms. The molecule has 1 saturated heterocycles. The summed E-state index contributed by atoms with van der Waals surface area (Å²) in [6.45, 7) is 1.66. The van der Waals surface area contributed by atoms with E-state index in [0.29, 0.717) is 12.6 Å². The lowest BCUT2D eigenvalue weighted by Crippen LogP contribution is -2.22. The van der Waals surface area contributed by atoms with Crippen molar-refractivity contribution in [3.05, 3.63) is 58.3 Å². The Kier molecular flexibility index (Phi) is 4.03. The van der Waals surface area contributed by atoms with E-state index >= 15 is 0 Å². The molecule has 3 nitrogen and oxygen atoms in total. The summed E-state index contributed by atoms with van der Waals surface area (Å²) in [6, 6.07) is 11.1. The highest BCUT2D eigenvalue weighted by atomic mass is 79.9. The summed E-state index contributed by atoms with van der Waals surface area (Å²) in [5.41, 5.74) is 9.54. The van der Waals surface area contributed by atoms with Crippen LogP contribution in [0.15, 0.2) is 47.2 Å². The zero-order chi connectivity index (χ0) is 13.9. The highest BCUT2D eigenvalue weighted by Crippen LogP contribution is 2.37.